The molecule has 120 valence electrons. The van der Waals surface area contributed by atoms with Crippen molar-refractivity contribution in [2.24, 2.45) is 0 Å². The summed E-state index contributed by atoms with van der Waals surface area (Å²) in [6.07, 6.45) is 5.35. The maximum absolute atomic E-state index is 12.3. The summed E-state index contributed by atoms with van der Waals surface area (Å²) in [5.41, 5.74) is 0. The molecule has 0 aromatic carbocycles. The summed E-state index contributed by atoms with van der Waals surface area (Å²) < 4.78 is 32.7. The summed E-state index contributed by atoms with van der Waals surface area (Å²) in [6, 6.07) is 3.55. The Morgan fingerprint density at radius 1 is 1.38 bits per heavy atom. The third-order valence-corrected chi connectivity index (χ3v) is 6.56. The van der Waals surface area contributed by atoms with Gasteiger partial charge in [0.05, 0.1) is 6.54 Å². The normalized spacial score (nSPS) is 17.9. The average molecular weight is 332 g/mol. The molecule has 5 nitrogen and oxygen atoms in total. The van der Waals surface area contributed by atoms with Gasteiger partial charge in [-0.1, -0.05) is 20.3 Å². The van der Waals surface area contributed by atoms with Crippen LogP contribution in [-0.4, -0.2) is 32.0 Å². The van der Waals surface area contributed by atoms with Crippen LogP contribution in [0, 0.1) is 0 Å². The van der Waals surface area contributed by atoms with E-state index in [1.165, 1.54) is 12.5 Å². The molecule has 1 aromatic rings. The Labute approximate surface area is 131 Å². The Morgan fingerprint density at radius 2 is 2.10 bits per heavy atom. The molecule has 0 bridgehead atoms. The molecule has 0 radical (unpaired) electrons. The van der Waals surface area contributed by atoms with E-state index in [0.29, 0.717) is 24.9 Å². The van der Waals surface area contributed by atoms with Crippen LogP contribution in [0.2, 0.25) is 0 Å². The summed E-state index contributed by atoms with van der Waals surface area (Å²) >= 11 is 1.74. The molecule has 0 unspecified atom stereocenters. The van der Waals surface area contributed by atoms with E-state index in [4.69, 9.17) is 4.42 Å². The van der Waals surface area contributed by atoms with Crippen LogP contribution in [-0.2, 0) is 16.6 Å². The summed E-state index contributed by atoms with van der Waals surface area (Å²) in [4.78, 5) is 0. The highest BCUT2D eigenvalue weighted by molar-refractivity contribution is 8.00. The number of nitrogens with one attached hydrogen (secondary N) is 2. The van der Waals surface area contributed by atoms with Crippen molar-refractivity contribution in [3.05, 3.63) is 17.9 Å². The summed E-state index contributed by atoms with van der Waals surface area (Å²) in [5.74, 6) is 0.632. The van der Waals surface area contributed by atoms with Crippen LogP contribution in [0.4, 0.5) is 0 Å². The van der Waals surface area contributed by atoms with Crippen molar-refractivity contribution in [1.82, 2.24) is 10.0 Å². The lowest BCUT2D eigenvalue weighted by Crippen LogP contribution is -2.45. The van der Waals surface area contributed by atoms with E-state index in [9.17, 15) is 8.42 Å². The van der Waals surface area contributed by atoms with Crippen molar-refractivity contribution in [1.29, 1.82) is 0 Å². The van der Waals surface area contributed by atoms with Gasteiger partial charge in [0.15, 0.2) is 0 Å². The second kappa shape index (κ2) is 6.73. The highest BCUT2D eigenvalue weighted by Gasteiger charge is 2.37. The molecule has 21 heavy (non-hydrogen) atoms. The Balaban J connectivity index is 1.96. The summed E-state index contributed by atoms with van der Waals surface area (Å²) in [7, 11) is -3.56. The van der Waals surface area contributed by atoms with Gasteiger partial charge in [-0.3, -0.25) is 0 Å². The van der Waals surface area contributed by atoms with Gasteiger partial charge in [-0.15, -0.1) is 0 Å². The topological polar surface area (TPSA) is 71.3 Å². The minimum absolute atomic E-state index is 0.00127. The second-order valence-electron chi connectivity index (χ2n) is 5.82. The lowest BCUT2D eigenvalue weighted by Gasteiger charge is -2.40. The zero-order chi connectivity index (χ0) is 15.5. The van der Waals surface area contributed by atoms with Gasteiger partial charge in [0.25, 0.3) is 10.0 Å². The first-order chi connectivity index (χ1) is 9.87. The van der Waals surface area contributed by atoms with Gasteiger partial charge in [0.1, 0.15) is 5.76 Å². The molecule has 0 atom stereocenters. The third-order valence-electron chi connectivity index (χ3n) is 3.87. The smallest absolute Gasteiger partial charge is 0.274 e. The van der Waals surface area contributed by atoms with Gasteiger partial charge in [0, 0.05) is 17.3 Å². The highest BCUT2D eigenvalue weighted by atomic mass is 32.2. The first-order valence-electron chi connectivity index (χ1n) is 7.24. The molecule has 2 rings (SSSR count). The summed E-state index contributed by atoms with van der Waals surface area (Å²) in [5, 5.41) is 3.20. The first kappa shape index (κ1) is 16.9. The van der Waals surface area contributed by atoms with Gasteiger partial charge in [-0.2, -0.15) is 11.8 Å². The zero-order valence-corrected chi connectivity index (χ0v) is 14.4. The number of thioether (sulfide) groups is 1. The molecule has 0 saturated heterocycles. The lowest BCUT2D eigenvalue weighted by molar-refractivity contribution is 0.357. The number of hydrogen-bond donors (Lipinski definition) is 2. The zero-order valence-electron chi connectivity index (χ0n) is 12.8. The summed E-state index contributed by atoms with van der Waals surface area (Å²) in [6.45, 7) is 5.06. The van der Waals surface area contributed by atoms with Crippen molar-refractivity contribution in [3.8, 4) is 0 Å². The van der Waals surface area contributed by atoms with Gasteiger partial charge >= 0.3 is 0 Å². The predicted octanol–water partition coefficient (Wildman–Crippen LogP) is 2.34. The van der Waals surface area contributed by atoms with Crippen molar-refractivity contribution in [2.45, 2.75) is 55.5 Å². The molecule has 1 saturated carbocycles. The molecule has 1 heterocycles. The van der Waals surface area contributed by atoms with E-state index in [1.807, 2.05) is 20.1 Å². The fraction of sp³-hybridized carbons (Fsp3) is 0.714. The maximum atomic E-state index is 12.3. The molecule has 0 amide bonds. The van der Waals surface area contributed by atoms with Crippen LogP contribution in [0.5, 0.6) is 0 Å². The van der Waals surface area contributed by atoms with Crippen molar-refractivity contribution in [3.63, 3.8) is 0 Å². The van der Waals surface area contributed by atoms with E-state index in [2.05, 4.69) is 10.0 Å². The molecular formula is C14H24N2O3S2. The Hall–Kier alpha value is -0.500. The standard InChI is InChI=1S/C14H24N2O3S2/c1-11(2)15-9-12-5-6-13(19-12)21(17,18)16-10-14(20-3)7-4-8-14/h5-6,11,15-16H,4,7-10H2,1-3H3. The number of furan rings is 1. The van der Waals surface area contributed by atoms with Crippen molar-refractivity contribution >= 4 is 21.8 Å². The number of rotatable bonds is 8. The minimum atomic E-state index is -3.56. The molecule has 2 N–H and O–H groups in total. The molecule has 1 aliphatic carbocycles. The van der Waals surface area contributed by atoms with Gasteiger partial charge in [0.2, 0.25) is 5.09 Å². The highest BCUT2D eigenvalue weighted by Crippen LogP contribution is 2.42. The van der Waals surface area contributed by atoms with Gasteiger partial charge in [-0.25, -0.2) is 13.1 Å². The second-order valence-corrected chi connectivity index (χ2v) is 8.79. The third kappa shape index (κ3) is 4.25. The molecule has 0 spiro atoms. The van der Waals surface area contributed by atoms with Crippen molar-refractivity contribution in [2.75, 3.05) is 12.8 Å². The van der Waals surface area contributed by atoms with E-state index < -0.39 is 10.0 Å². The lowest BCUT2D eigenvalue weighted by atomic mass is 9.84. The minimum Gasteiger partial charge on any atom is -0.447 e. The molecule has 7 heteroatoms. The van der Waals surface area contributed by atoms with Crippen LogP contribution >= 0.6 is 11.8 Å². The Morgan fingerprint density at radius 3 is 2.62 bits per heavy atom. The monoisotopic (exact) mass is 332 g/mol. The molecule has 1 aromatic heterocycles. The number of hydrogen-bond acceptors (Lipinski definition) is 5. The average Bonchev–Trinajstić information content (AvgIpc) is 2.85. The van der Waals surface area contributed by atoms with E-state index in [-0.39, 0.29) is 9.84 Å². The van der Waals surface area contributed by atoms with Crippen LogP contribution in [0.1, 0.15) is 38.9 Å². The van der Waals surface area contributed by atoms with E-state index in [1.54, 1.807) is 17.8 Å². The van der Waals surface area contributed by atoms with Crippen LogP contribution in [0.3, 0.4) is 0 Å². The predicted molar refractivity (Wildman–Crippen MR) is 86.0 cm³/mol. The molecule has 1 fully saturated rings. The van der Waals surface area contributed by atoms with Crippen LogP contribution in [0.25, 0.3) is 0 Å². The van der Waals surface area contributed by atoms with Crippen molar-refractivity contribution < 1.29 is 12.8 Å². The van der Waals surface area contributed by atoms with Gasteiger partial charge in [-0.05, 0) is 31.2 Å². The molecular weight excluding hydrogens is 308 g/mol. The van der Waals surface area contributed by atoms with Crippen LogP contribution < -0.4 is 10.0 Å². The molecule has 1 aliphatic rings. The SMILES string of the molecule is CSC1(CNS(=O)(=O)c2ccc(CNC(C)C)o2)CCC1. The Bertz CT molecular complexity index is 557. The largest absolute Gasteiger partial charge is 0.447 e. The fourth-order valence-electron chi connectivity index (χ4n) is 2.22. The quantitative estimate of drug-likeness (QED) is 0.764. The van der Waals surface area contributed by atoms with E-state index >= 15 is 0 Å². The fourth-order valence-corrected chi connectivity index (χ4v) is 4.30. The molecule has 0 aliphatic heterocycles. The van der Waals surface area contributed by atoms with Crippen LogP contribution in [0.15, 0.2) is 21.6 Å². The van der Waals surface area contributed by atoms with E-state index in [0.717, 1.165) is 12.8 Å². The number of sulfonamides is 1. The first-order valence-corrected chi connectivity index (χ1v) is 9.95. The van der Waals surface area contributed by atoms with Gasteiger partial charge < -0.3 is 9.73 Å². The maximum Gasteiger partial charge on any atom is 0.274 e. The Kier molecular flexibility index (Phi) is 5.40.